The van der Waals surface area contributed by atoms with Crippen molar-refractivity contribution in [2.45, 2.75) is 12.5 Å². The van der Waals surface area contributed by atoms with Gasteiger partial charge in [0.2, 0.25) is 5.91 Å². The fraction of sp³-hybridized carbons (Fsp3) is 0.200. The number of fused-ring (bicyclic) bond motifs is 3. The highest BCUT2D eigenvalue weighted by Crippen LogP contribution is 2.37. The summed E-state index contributed by atoms with van der Waals surface area (Å²) < 4.78 is 5.15. The molecule has 2 aliphatic rings. The molecule has 1 saturated heterocycles. The van der Waals surface area contributed by atoms with E-state index in [1.165, 1.54) is 16.7 Å². The van der Waals surface area contributed by atoms with Gasteiger partial charge in [0, 0.05) is 17.0 Å². The van der Waals surface area contributed by atoms with Gasteiger partial charge in [-0.1, -0.05) is 30.3 Å². The third-order valence-electron chi connectivity index (χ3n) is 5.84. The molecule has 1 aliphatic carbocycles. The minimum Gasteiger partial charge on any atom is -0.497 e. The van der Waals surface area contributed by atoms with Crippen LogP contribution in [0.2, 0.25) is 0 Å². The van der Waals surface area contributed by atoms with Crippen molar-refractivity contribution >= 4 is 29.3 Å². The van der Waals surface area contributed by atoms with Gasteiger partial charge in [-0.3, -0.25) is 9.59 Å². The maximum atomic E-state index is 13.3. The lowest BCUT2D eigenvalue weighted by Crippen LogP contribution is -2.44. The molecular formula is C25H22N2O3S. The third kappa shape index (κ3) is 3.68. The van der Waals surface area contributed by atoms with E-state index in [9.17, 15) is 9.59 Å². The van der Waals surface area contributed by atoms with Gasteiger partial charge in [-0.25, -0.2) is 0 Å². The largest absolute Gasteiger partial charge is 0.497 e. The zero-order chi connectivity index (χ0) is 21.4. The number of amides is 2. The molecule has 0 saturated carbocycles. The summed E-state index contributed by atoms with van der Waals surface area (Å²) in [6, 6.07) is 20.9. The Bertz CT molecular complexity index is 1160. The molecule has 5 nitrogen and oxygen atoms in total. The van der Waals surface area contributed by atoms with E-state index in [4.69, 9.17) is 4.74 Å². The predicted molar refractivity (Wildman–Crippen MR) is 124 cm³/mol. The number of hydrogen-bond acceptors (Lipinski definition) is 4. The van der Waals surface area contributed by atoms with Gasteiger partial charge in [0.25, 0.3) is 5.91 Å². The normalized spacial score (nSPS) is 16.5. The van der Waals surface area contributed by atoms with Gasteiger partial charge in [0.15, 0.2) is 0 Å². The molecule has 3 aromatic rings. The van der Waals surface area contributed by atoms with Crippen molar-refractivity contribution < 1.29 is 14.3 Å². The summed E-state index contributed by atoms with van der Waals surface area (Å²) in [5.41, 5.74) is 6.21. The van der Waals surface area contributed by atoms with Crippen molar-refractivity contribution in [1.29, 1.82) is 0 Å². The minimum absolute atomic E-state index is 0.0985. The maximum absolute atomic E-state index is 13.3. The first-order valence-electron chi connectivity index (χ1n) is 10.2. The zero-order valence-corrected chi connectivity index (χ0v) is 17.9. The van der Waals surface area contributed by atoms with Crippen LogP contribution in [0, 0.1) is 0 Å². The summed E-state index contributed by atoms with van der Waals surface area (Å²) in [7, 11) is 1.60. The Hall–Kier alpha value is -3.25. The number of carbonyl (C=O) groups excluding carboxylic acids is 2. The number of thioether (sulfide) groups is 1. The van der Waals surface area contributed by atoms with Crippen LogP contribution in [0.25, 0.3) is 11.1 Å². The smallest absolute Gasteiger partial charge is 0.255 e. The number of rotatable bonds is 4. The van der Waals surface area contributed by atoms with Crippen LogP contribution in [-0.2, 0) is 11.2 Å². The number of carbonyl (C=O) groups is 2. The molecule has 1 heterocycles. The van der Waals surface area contributed by atoms with Crippen molar-refractivity contribution in [2.24, 2.45) is 0 Å². The van der Waals surface area contributed by atoms with Crippen LogP contribution >= 0.6 is 11.8 Å². The molecular weight excluding hydrogens is 408 g/mol. The van der Waals surface area contributed by atoms with E-state index in [-0.39, 0.29) is 11.8 Å². The summed E-state index contributed by atoms with van der Waals surface area (Å²) in [4.78, 5) is 27.9. The summed E-state index contributed by atoms with van der Waals surface area (Å²) >= 11 is 1.60. The van der Waals surface area contributed by atoms with E-state index in [2.05, 4.69) is 17.4 Å². The van der Waals surface area contributed by atoms with Crippen LogP contribution in [0.5, 0.6) is 5.75 Å². The first kappa shape index (κ1) is 19.7. The molecule has 5 rings (SSSR count). The number of anilines is 1. The molecule has 1 aliphatic heterocycles. The van der Waals surface area contributed by atoms with Crippen LogP contribution in [0.3, 0.4) is 0 Å². The van der Waals surface area contributed by atoms with E-state index in [0.29, 0.717) is 22.9 Å². The number of nitrogens with zero attached hydrogens (tertiary/aromatic N) is 1. The van der Waals surface area contributed by atoms with E-state index >= 15 is 0 Å². The molecule has 1 fully saturated rings. The first-order chi connectivity index (χ1) is 15.1. The fourth-order valence-electron chi connectivity index (χ4n) is 4.20. The average molecular weight is 431 g/mol. The van der Waals surface area contributed by atoms with Gasteiger partial charge in [0.1, 0.15) is 11.8 Å². The molecule has 0 bridgehead atoms. The van der Waals surface area contributed by atoms with Gasteiger partial charge < -0.3 is 15.0 Å². The van der Waals surface area contributed by atoms with Crippen molar-refractivity contribution in [2.75, 3.05) is 24.1 Å². The molecule has 31 heavy (non-hydrogen) atoms. The number of ether oxygens (including phenoxy) is 1. The lowest BCUT2D eigenvalue weighted by atomic mass is 10.0. The van der Waals surface area contributed by atoms with Crippen molar-refractivity contribution in [1.82, 2.24) is 4.90 Å². The molecule has 0 aromatic heterocycles. The second-order valence-electron chi connectivity index (χ2n) is 7.71. The molecule has 3 aromatic carbocycles. The summed E-state index contributed by atoms with van der Waals surface area (Å²) in [5, 5.41) is 2.92. The Morgan fingerprint density at radius 3 is 2.58 bits per heavy atom. The SMILES string of the molecule is COc1ccc(NC(=O)C2CSCN2C(=O)c2ccc3c(c2)Cc2ccccc2-3)cc1. The summed E-state index contributed by atoms with van der Waals surface area (Å²) in [6.07, 6.45) is 0.836. The van der Waals surface area contributed by atoms with Crippen molar-refractivity contribution in [3.05, 3.63) is 83.4 Å². The second kappa shape index (κ2) is 8.12. The average Bonchev–Trinajstić information content (AvgIpc) is 3.43. The minimum atomic E-state index is -0.495. The summed E-state index contributed by atoms with van der Waals surface area (Å²) in [5.74, 6) is 1.56. The predicted octanol–water partition coefficient (Wildman–Crippen LogP) is 4.42. The molecule has 156 valence electrons. The van der Waals surface area contributed by atoms with Crippen LogP contribution in [-0.4, -0.2) is 41.5 Å². The van der Waals surface area contributed by atoms with Gasteiger partial charge in [-0.15, -0.1) is 11.8 Å². The Kier molecular flexibility index (Phi) is 5.16. The first-order valence-corrected chi connectivity index (χ1v) is 11.3. The molecule has 0 radical (unpaired) electrons. The Labute approximate surface area is 185 Å². The molecule has 6 heteroatoms. The number of nitrogens with one attached hydrogen (secondary N) is 1. The number of methoxy groups -OCH3 is 1. The Balaban J connectivity index is 1.33. The Morgan fingerprint density at radius 1 is 1.00 bits per heavy atom. The lowest BCUT2D eigenvalue weighted by molar-refractivity contribution is -0.119. The number of hydrogen-bond donors (Lipinski definition) is 1. The summed E-state index contributed by atoms with van der Waals surface area (Å²) in [6.45, 7) is 0. The second-order valence-corrected chi connectivity index (χ2v) is 8.71. The molecule has 1 unspecified atom stereocenters. The maximum Gasteiger partial charge on any atom is 0.255 e. The highest BCUT2D eigenvalue weighted by atomic mass is 32.2. The third-order valence-corrected chi connectivity index (χ3v) is 6.86. The molecule has 1 atom stereocenters. The van der Waals surface area contributed by atoms with Crippen LogP contribution in [0.15, 0.2) is 66.7 Å². The molecule has 2 amide bonds. The molecule has 1 N–H and O–H groups in total. The zero-order valence-electron chi connectivity index (χ0n) is 17.1. The van der Waals surface area contributed by atoms with Crippen molar-refractivity contribution in [3.63, 3.8) is 0 Å². The van der Waals surface area contributed by atoms with Gasteiger partial charge in [-0.05, 0) is 65.1 Å². The van der Waals surface area contributed by atoms with E-state index in [0.717, 1.165) is 17.7 Å². The number of benzene rings is 3. The van der Waals surface area contributed by atoms with Crippen LogP contribution < -0.4 is 10.1 Å². The van der Waals surface area contributed by atoms with Gasteiger partial charge in [-0.2, -0.15) is 0 Å². The van der Waals surface area contributed by atoms with E-state index in [1.807, 2.05) is 30.3 Å². The van der Waals surface area contributed by atoms with Gasteiger partial charge >= 0.3 is 0 Å². The fourth-order valence-corrected chi connectivity index (χ4v) is 5.36. The van der Waals surface area contributed by atoms with E-state index < -0.39 is 6.04 Å². The van der Waals surface area contributed by atoms with Crippen LogP contribution in [0.4, 0.5) is 5.69 Å². The van der Waals surface area contributed by atoms with Crippen molar-refractivity contribution in [3.8, 4) is 16.9 Å². The van der Waals surface area contributed by atoms with E-state index in [1.54, 1.807) is 48.0 Å². The standard InChI is InChI=1S/C25H22N2O3S/c1-30-20-9-7-19(8-10-20)26-24(28)23-14-31-15-27(23)25(29)17-6-11-22-18(13-17)12-16-4-2-3-5-21(16)22/h2-11,13,23H,12,14-15H2,1H3,(H,26,28). The molecule has 0 spiro atoms. The highest BCUT2D eigenvalue weighted by molar-refractivity contribution is 7.99. The highest BCUT2D eigenvalue weighted by Gasteiger charge is 2.35. The quantitative estimate of drug-likeness (QED) is 0.521. The monoisotopic (exact) mass is 430 g/mol. The Morgan fingerprint density at radius 2 is 1.77 bits per heavy atom. The topological polar surface area (TPSA) is 58.6 Å². The lowest BCUT2D eigenvalue weighted by Gasteiger charge is -2.23. The van der Waals surface area contributed by atoms with Crippen LogP contribution in [0.1, 0.15) is 21.5 Å². The van der Waals surface area contributed by atoms with Gasteiger partial charge in [0.05, 0.1) is 13.0 Å².